The molecule has 1 unspecified atom stereocenters. The van der Waals surface area contributed by atoms with Crippen LogP contribution in [0.1, 0.15) is 117 Å². The Kier molecular flexibility index (Phi) is 32.0. The molecule has 6 aliphatic heterocycles. The molecule has 0 saturated carbocycles. The molecule has 6 aliphatic rings. The van der Waals surface area contributed by atoms with Crippen molar-refractivity contribution in [3.8, 4) is 79.2 Å². The number of amides is 2. The molecule has 0 aliphatic carbocycles. The third-order valence-electron chi connectivity index (χ3n) is 17.2. The minimum absolute atomic E-state index is 0.000000000000000222. The monoisotopic (exact) mass is 1750 g/mol. The van der Waals surface area contributed by atoms with Gasteiger partial charge in [-0.3, -0.25) is 53.7 Å². The highest BCUT2D eigenvalue weighted by molar-refractivity contribution is 9.09. The molecule has 0 bridgehead atoms. The van der Waals surface area contributed by atoms with Gasteiger partial charge in [-0.05, 0) is 240 Å². The van der Waals surface area contributed by atoms with Crippen molar-refractivity contribution in [3.63, 3.8) is 0 Å². The minimum atomic E-state index is -0.401. The number of hydrogen-bond donors (Lipinski definition) is 3. The number of carbonyl (C=O) groups excluding carboxylic acids is 6. The molecule has 12 heterocycles. The number of imide groups is 1. The second kappa shape index (κ2) is 42.9. The van der Waals surface area contributed by atoms with Crippen LogP contribution in [0.5, 0.6) is 57.5 Å². The van der Waals surface area contributed by atoms with Crippen LogP contribution in [-0.2, 0) is 22.4 Å². The first-order valence-corrected chi connectivity index (χ1v) is 39.8. The summed E-state index contributed by atoms with van der Waals surface area (Å²) in [5.74, 6) is 6.71. The zero-order valence-electron chi connectivity index (χ0n) is 65.3. The molecule has 26 nitrogen and oxygen atoms in total. The van der Waals surface area contributed by atoms with Crippen LogP contribution in [0.3, 0.4) is 0 Å². The topological polar surface area (TPSA) is 353 Å². The van der Waals surface area contributed by atoms with Gasteiger partial charge in [0.15, 0.2) is 90.9 Å². The largest absolute Gasteiger partial charge is 0.486 e. The maximum absolute atomic E-state index is 12.6. The van der Waals surface area contributed by atoms with E-state index in [1.807, 2.05) is 114 Å². The van der Waals surface area contributed by atoms with E-state index in [0.29, 0.717) is 159 Å². The molecule has 6 aromatic heterocycles. The molecule has 11 aromatic rings. The van der Waals surface area contributed by atoms with Gasteiger partial charge in [0.05, 0.1) is 33.1 Å². The summed E-state index contributed by atoms with van der Waals surface area (Å²) in [4.78, 5) is 95.0. The van der Waals surface area contributed by atoms with E-state index in [2.05, 4.69) is 98.7 Å². The lowest BCUT2D eigenvalue weighted by Crippen LogP contribution is -2.18. The van der Waals surface area contributed by atoms with Gasteiger partial charge in [-0.25, -0.2) is 8.91 Å². The number of aromatic nitrogens is 6. The smallest absolute Gasteiger partial charge is 0.239 e. The van der Waals surface area contributed by atoms with Gasteiger partial charge in [-0.1, -0.05) is 27.3 Å². The van der Waals surface area contributed by atoms with Crippen molar-refractivity contribution < 1.29 is 76.1 Å². The predicted molar refractivity (Wildman–Crippen MR) is 454 cm³/mol. The minimum Gasteiger partial charge on any atom is -0.486 e. The van der Waals surface area contributed by atoms with Gasteiger partial charge in [0.25, 0.3) is 0 Å². The van der Waals surface area contributed by atoms with E-state index in [9.17, 15) is 28.8 Å². The number of nitrogen functional groups attached to an aromatic ring is 1. The molecule has 1 fully saturated rings. The van der Waals surface area contributed by atoms with Crippen LogP contribution in [0.2, 0.25) is 0 Å². The van der Waals surface area contributed by atoms with E-state index >= 15 is 0 Å². The SMILES string of the molecule is CC(=O)c1ccc2c(c1)OCCO2.Cc1cc(-c2sc(N)nc2-c2ccc3c(c2)OCCO3)ccn1.Cc1cc(C(Br)C(=O)c2ccc3c(c2)OCCO3)ccn1.Cc1cc(CC(=O)c2ccc3c(c2)OCCO3)ccn1.Cc1ccnc(C)c1.Cc1ccnc(CC(=O)c2ccc3c(c2)OCCO3)c1.NC(N)=S.O=C1CCC(=O)N1Br. The molecule has 0 spiro atoms. The van der Waals surface area contributed by atoms with Crippen LogP contribution < -0.4 is 64.6 Å². The zero-order chi connectivity index (χ0) is 83.5. The molecule has 1 saturated heterocycles. The summed E-state index contributed by atoms with van der Waals surface area (Å²) >= 11 is 11.8. The van der Waals surface area contributed by atoms with E-state index in [1.165, 1.54) is 23.8 Å². The fourth-order valence-corrected chi connectivity index (χ4v) is 13.5. The van der Waals surface area contributed by atoms with Crippen molar-refractivity contribution in [3.05, 3.63) is 256 Å². The quantitative estimate of drug-likeness (QED) is 0.0336. The number of aryl methyl sites for hydroxylation is 6. The Bertz CT molecular complexity index is 5230. The first-order valence-electron chi connectivity index (χ1n) is 37.0. The van der Waals surface area contributed by atoms with E-state index in [1.54, 1.807) is 97.6 Å². The lowest BCUT2D eigenvalue weighted by Gasteiger charge is -2.19. The van der Waals surface area contributed by atoms with Crippen molar-refractivity contribution in [2.24, 2.45) is 11.5 Å². The number of rotatable bonds is 12. The molecular weight excluding hydrogens is 1660 g/mol. The van der Waals surface area contributed by atoms with Gasteiger partial charge < -0.3 is 64.6 Å². The molecule has 6 N–H and O–H groups in total. The standard InChI is InChI=1S/C17H15N3O2S.C16H14BrNO3.2C16H15NO3.C10H10O3.C7H9N.C4H4BrNO2.CH4N2S/c1-10-8-12(4-5-19-10)16-15(20-17(18)23-16)11-2-3-13-14(9-11)22-7-6-21-13;1-10-8-11(4-5-18-10)15(17)16(19)12-2-3-13-14(9-12)21-7-6-20-13;1-11-8-12(4-5-17-11)9-14(18)13-2-3-15-16(10-13)20-7-6-19-15;1-11-4-5-17-13(8-11)10-14(18)12-2-3-15-16(9-12)20-7-6-19-15;1-7(11)8-2-3-9-10(6-8)13-5-4-12-9;1-6-3-4-8-7(2)5-6;5-6-3(7)1-2-4(6)8;2-1(3)4/h2-5,8-9H,6-7H2,1H3,(H2,18,20);2-5,8-9,15H,6-7H2,1H3;2-5,8,10H,6-7,9H2,1H3;2-5,8-9H,6-7,10H2,1H3;2-3,6H,4-5H2,1H3;3-5H,1-2H3;1-2H2;(H4,2,3,4). The van der Waals surface area contributed by atoms with Crippen LogP contribution in [0.15, 0.2) is 183 Å². The van der Waals surface area contributed by atoms with Gasteiger partial charge in [0.2, 0.25) is 11.8 Å². The number of nitrogens with two attached hydrogens (primary N) is 3. The first kappa shape index (κ1) is 87.1. The Hall–Kier alpha value is -12.3. The summed E-state index contributed by atoms with van der Waals surface area (Å²) in [5, 5.41) is 0.541. The number of pyridine rings is 5. The van der Waals surface area contributed by atoms with Crippen molar-refractivity contribution >= 4 is 101 Å². The number of hydrogen-bond acceptors (Lipinski definition) is 25. The fraction of sp³-hybridized carbons (Fsp3) is 0.253. The molecule has 2 amide bonds. The lowest BCUT2D eigenvalue weighted by atomic mass is 10.0. The van der Waals surface area contributed by atoms with Crippen molar-refractivity contribution in [1.29, 1.82) is 0 Å². The van der Waals surface area contributed by atoms with Crippen molar-refractivity contribution in [2.75, 3.05) is 71.8 Å². The van der Waals surface area contributed by atoms with Crippen LogP contribution in [0.4, 0.5) is 5.13 Å². The van der Waals surface area contributed by atoms with E-state index in [4.69, 9.17) is 53.1 Å². The number of Topliss-reactive ketones (excluding diaryl/α,β-unsaturated/α-hetero) is 4. The van der Waals surface area contributed by atoms with E-state index < -0.39 is 4.83 Å². The number of alkyl halides is 1. The number of nitrogens with zero attached hydrogens (tertiary/aromatic N) is 7. The first-order chi connectivity index (χ1) is 56.3. The average Bonchev–Trinajstić information content (AvgIpc) is 1.70. The Morgan fingerprint density at radius 3 is 1.26 bits per heavy atom. The molecule has 1 atom stereocenters. The Labute approximate surface area is 703 Å². The van der Waals surface area contributed by atoms with Gasteiger partial charge in [-0.2, -0.15) is 0 Å². The number of halogens is 2. The molecule has 117 heavy (non-hydrogen) atoms. The highest BCUT2D eigenvalue weighted by Crippen LogP contribution is 2.42. The summed E-state index contributed by atoms with van der Waals surface area (Å²) in [5.41, 5.74) is 29.5. The summed E-state index contributed by atoms with van der Waals surface area (Å²) < 4.78 is 55.7. The highest BCUT2D eigenvalue weighted by Gasteiger charge is 2.27. The number of carbonyl (C=O) groups is 6. The van der Waals surface area contributed by atoms with Crippen LogP contribution >= 0.6 is 55.6 Å². The Balaban J connectivity index is 0.000000146. The summed E-state index contributed by atoms with van der Waals surface area (Å²) in [7, 11) is 0. The van der Waals surface area contributed by atoms with Gasteiger partial charge in [-0.15, -0.1) is 0 Å². The van der Waals surface area contributed by atoms with Crippen LogP contribution in [-0.4, -0.2) is 140 Å². The molecular formula is C87H86Br2N10O16S2. The maximum atomic E-state index is 12.6. The van der Waals surface area contributed by atoms with E-state index in [-0.39, 0.29) is 40.1 Å². The fourth-order valence-electron chi connectivity index (χ4n) is 11.7. The number of ketones is 4. The Morgan fingerprint density at radius 2 is 0.829 bits per heavy atom. The van der Waals surface area contributed by atoms with Crippen LogP contribution in [0, 0.1) is 41.5 Å². The number of benzene rings is 5. The third-order valence-corrected chi connectivity index (χ3v) is 19.9. The lowest BCUT2D eigenvalue weighted by molar-refractivity contribution is -0.131. The second-order valence-electron chi connectivity index (χ2n) is 26.5. The summed E-state index contributed by atoms with van der Waals surface area (Å²) in [6.45, 7) is 18.8. The summed E-state index contributed by atoms with van der Waals surface area (Å²) in [6.07, 6.45) is 10.1. The second-order valence-corrected chi connectivity index (χ2v) is 29.6. The van der Waals surface area contributed by atoms with E-state index in [0.717, 1.165) is 88.0 Å². The van der Waals surface area contributed by atoms with Gasteiger partial charge in [0.1, 0.15) is 70.9 Å². The number of thiocarbonyl (C=S) groups is 1. The summed E-state index contributed by atoms with van der Waals surface area (Å²) in [6, 6.07) is 46.4. The number of ether oxygens (including phenoxy) is 10. The molecule has 17 rings (SSSR count). The molecule has 30 heteroatoms. The van der Waals surface area contributed by atoms with Crippen LogP contribution in [0.25, 0.3) is 21.7 Å². The maximum Gasteiger partial charge on any atom is 0.239 e. The Morgan fingerprint density at radius 1 is 0.444 bits per heavy atom. The van der Waals surface area contributed by atoms with Crippen molar-refractivity contribution in [1.82, 2.24) is 33.8 Å². The highest BCUT2D eigenvalue weighted by atomic mass is 79.9. The average molecular weight is 1750 g/mol. The third kappa shape index (κ3) is 26.1. The molecule has 5 aromatic carbocycles. The predicted octanol–water partition coefficient (Wildman–Crippen LogP) is 15.2. The number of thiazole rings is 1. The van der Waals surface area contributed by atoms with Gasteiger partial charge >= 0.3 is 0 Å². The zero-order valence-corrected chi connectivity index (χ0v) is 70.1. The number of anilines is 1. The molecule has 606 valence electrons. The molecule has 0 radical (unpaired) electrons. The van der Waals surface area contributed by atoms with Crippen molar-refractivity contribution in [2.45, 2.75) is 79.0 Å². The number of fused-ring (bicyclic) bond motifs is 5. The normalized spacial score (nSPS) is 13.4. The van der Waals surface area contributed by atoms with Gasteiger partial charge in [0, 0.05) is 107 Å².